The van der Waals surface area contributed by atoms with E-state index >= 15 is 0 Å². The number of methoxy groups -OCH3 is 3. The summed E-state index contributed by atoms with van der Waals surface area (Å²) in [5, 5.41) is 4.04. The highest BCUT2D eigenvalue weighted by atomic mass is 16.5. The minimum atomic E-state index is -0.290. The third-order valence-electron chi connectivity index (χ3n) is 4.36. The number of carbonyl (C=O) groups is 1. The molecule has 0 heterocycles. The SMILES string of the molecule is CCN(CC)c1ccc(C(=O)N/N=C\c2ccc(OC)c(OC)c2OC)cc1. The molecule has 2 rings (SSSR count). The van der Waals surface area contributed by atoms with Gasteiger partial charge in [-0.05, 0) is 50.2 Å². The summed E-state index contributed by atoms with van der Waals surface area (Å²) < 4.78 is 16.0. The molecule has 0 aliphatic rings. The second-order valence-electron chi connectivity index (χ2n) is 5.84. The van der Waals surface area contributed by atoms with Crippen molar-refractivity contribution in [2.75, 3.05) is 39.3 Å². The molecule has 1 amide bonds. The van der Waals surface area contributed by atoms with Crippen LogP contribution in [0.1, 0.15) is 29.8 Å². The molecule has 28 heavy (non-hydrogen) atoms. The van der Waals surface area contributed by atoms with Gasteiger partial charge in [0.15, 0.2) is 11.5 Å². The quantitative estimate of drug-likeness (QED) is 0.530. The lowest BCUT2D eigenvalue weighted by molar-refractivity contribution is 0.0955. The van der Waals surface area contributed by atoms with Crippen LogP contribution >= 0.6 is 0 Å². The number of nitrogens with zero attached hydrogens (tertiary/aromatic N) is 2. The molecule has 2 aromatic carbocycles. The van der Waals surface area contributed by atoms with E-state index in [0.29, 0.717) is 28.4 Å². The third kappa shape index (κ3) is 4.73. The number of anilines is 1. The van der Waals surface area contributed by atoms with Gasteiger partial charge in [-0.25, -0.2) is 5.43 Å². The predicted octanol–water partition coefficient (Wildman–Crippen LogP) is 3.32. The fraction of sp³-hybridized carbons (Fsp3) is 0.333. The Morgan fingerprint density at radius 1 is 0.964 bits per heavy atom. The van der Waals surface area contributed by atoms with E-state index in [0.717, 1.165) is 18.8 Å². The summed E-state index contributed by atoms with van der Waals surface area (Å²) in [5.74, 6) is 1.20. The molecule has 0 saturated carbocycles. The van der Waals surface area contributed by atoms with E-state index in [1.807, 2.05) is 12.1 Å². The largest absolute Gasteiger partial charge is 0.493 e. The highest BCUT2D eigenvalue weighted by Crippen LogP contribution is 2.38. The summed E-state index contributed by atoms with van der Waals surface area (Å²) >= 11 is 0. The average molecular weight is 385 g/mol. The Bertz CT molecular complexity index is 815. The van der Waals surface area contributed by atoms with Crippen LogP contribution in [0.2, 0.25) is 0 Å². The van der Waals surface area contributed by atoms with Gasteiger partial charge in [-0.3, -0.25) is 4.79 Å². The molecule has 150 valence electrons. The molecule has 0 bridgehead atoms. The first-order valence-electron chi connectivity index (χ1n) is 9.06. The summed E-state index contributed by atoms with van der Waals surface area (Å²) in [5.41, 5.74) is 4.80. The van der Waals surface area contributed by atoms with Crippen molar-refractivity contribution in [2.45, 2.75) is 13.8 Å². The Morgan fingerprint density at radius 3 is 2.14 bits per heavy atom. The minimum absolute atomic E-state index is 0.290. The lowest BCUT2D eigenvalue weighted by Crippen LogP contribution is -2.22. The number of hydrogen-bond donors (Lipinski definition) is 1. The molecule has 0 unspecified atom stereocenters. The molecule has 0 fully saturated rings. The van der Waals surface area contributed by atoms with Gasteiger partial charge in [-0.1, -0.05) is 0 Å². The molecule has 0 atom stereocenters. The fourth-order valence-corrected chi connectivity index (χ4v) is 2.86. The van der Waals surface area contributed by atoms with Crippen molar-refractivity contribution in [1.29, 1.82) is 0 Å². The standard InChI is InChI=1S/C21H27N3O4/c1-6-24(7-2)17-11-8-15(9-12-17)21(25)23-22-14-16-10-13-18(26-3)20(28-5)19(16)27-4/h8-14H,6-7H2,1-5H3,(H,23,25)/b22-14-. The maximum absolute atomic E-state index is 12.3. The molecule has 0 saturated heterocycles. The zero-order chi connectivity index (χ0) is 20.5. The lowest BCUT2D eigenvalue weighted by atomic mass is 10.2. The molecule has 2 aromatic rings. The normalized spacial score (nSPS) is 10.6. The molecule has 0 aliphatic carbocycles. The van der Waals surface area contributed by atoms with Crippen LogP contribution in [0, 0.1) is 0 Å². The molecule has 0 spiro atoms. The van der Waals surface area contributed by atoms with Crippen molar-refractivity contribution >= 4 is 17.8 Å². The van der Waals surface area contributed by atoms with Crippen molar-refractivity contribution in [3.8, 4) is 17.2 Å². The Hall–Kier alpha value is -3.22. The first kappa shape index (κ1) is 21.1. The van der Waals surface area contributed by atoms with E-state index in [1.54, 1.807) is 31.4 Å². The van der Waals surface area contributed by atoms with E-state index in [1.165, 1.54) is 20.4 Å². The van der Waals surface area contributed by atoms with E-state index in [2.05, 4.69) is 29.3 Å². The van der Waals surface area contributed by atoms with Gasteiger partial charge in [0.25, 0.3) is 5.91 Å². The smallest absolute Gasteiger partial charge is 0.271 e. The number of amides is 1. The molecule has 1 N–H and O–H groups in total. The van der Waals surface area contributed by atoms with Crippen LogP contribution in [-0.2, 0) is 0 Å². The van der Waals surface area contributed by atoms with E-state index in [9.17, 15) is 4.79 Å². The van der Waals surface area contributed by atoms with E-state index < -0.39 is 0 Å². The van der Waals surface area contributed by atoms with Crippen LogP contribution in [0.25, 0.3) is 0 Å². The maximum Gasteiger partial charge on any atom is 0.271 e. The Labute approximate surface area is 165 Å². The summed E-state index contributed by atoms with van der Waals surface area (Å²) in [4.78, 5) is 14.5. The summed E-state index contributed by atoms with van der Waals surface area (Å²) in [6.07, 6.45) is 1.50. The summed E-state index contributed by atoms with van der Waals surface area (Å²) in [6, 6.07) is 11.0. The molecular weight excluding hydrogens is 358 g/mol. The second-order valence-corrected chi connectivity index (χ2v) is 5.84. The first-order chi connectivity index (χ1) is 13.6. The minimum Gasteiger partial charge on any atom is -0.493 e. The number of ether oxygens (including phenoxy) is 3. The van der Waals surface area contributed by atoms with Crippen LogP contribution in [0.5, 0.6) is 17.2 Å². The van der Waals surface area contributed by atoms with Gasteiger partial charge in [0.05, 0.1) is 27.5 Å². The van der Waals surface area contributed by atoms with Crippen molar-refractivity contribution in [3.63, 3.8) is 0 Å². The van der Waals surface area contributed by atoms with Crippen LogP contribution in [0.3, 0.4) is 0 Å². The number of benzene rings is 2. The molecule has 0 radical (unpaired) electrons. The van der Waals surface area contributed by atoms with Gasteiger partial charge in [-0.2, -0.15) is 5.10 Å². The summed E-state index contributed by atoms with van der Waals surface area (Å²) in [7, 11) is 4.62. The van der Waals surface area contributed by atoms with Crippen molar-refractivity contribution < 1.29 is 19.0 Å². The fourth-order valence-electron chi connectivity index (χ4n) is 2.86. The number of nitrogens with one attached hydrogen (secondary N) is 1. The molecule has 7 nitrogen and oxygen atoms in total. The maximum atomic E-state index is 12.3. The van der Waals surface area contributed by atoms with Gasteiger partial charge < -0.3 is 19.1 Å². The average Bonchev–Trinajstić information content (AvgIpc) is 2.74. The van der Waals surface area contributed by atoms with Gasteiger partial charge in [0.2, 0.25) is 5.75 Å². The molecule has 0 aromatic heterocycles. The zero-order valence-corrected chi connectivity index (χ0v) is 17.0. The monoisotopic (exact) mass is 385 g/mol. The Balaban J connectivity index is 2.11. The van der Waals surface area contributed by atoms with Gasteiger partial charge >= 0.3 is 0 Å². The van der Waals surface area contributed by atoms with Crippen LogP contribution < -0.4 is 24.5 Å². The number of hydrazone groups is 1. The molecular formula is C21H27N3O4. The van der Waals surface area contributed by atoms with Crippen LogP contribution in [0.4, 0.5) is 5.69 Å². The Kier molecular flexibility index (Phi) is 7.68. The third-order valence-corrected chi connectivity index (χ3v) is 4.36. The predicted molar refractivity (Wildman–Crippen MR) is 111 cm³/mol. The zero-order valence-electron chi connectivity index (χ0n) is 17.0. The summed E-state index contributed by atoms with van der Waals surface area (Å²) in [6.45, 7) is 6.03. The van der Waals surface area contributed by atoms with Crippen LogP contribution in [-0.4, -0.2) is 46.5 Å². The van der Waals surface area contributed by atoms with Crippen LogP contribution in [0.15, 0.2) is 41.5 Å². The second kappa shape index (κ2) is 10.2. The van der Waals surface area contributed by atoms with E-state index in [4.69, 9.17) is 14.2 Å². The van der Waals surface area contributed by atoms with E-state index in [-0.39, 0.29) is 5.91 Å². The van der Waals surface area contributed by atoms with Gasteiger partial charge in [0, 0.05) is 29.9 Å². The lowest BCUT2D eigenvalue weighted by Gasteiger charge is -2.20. The highest BCUT2D eigenvalue weighted by Gasteiger charge is 2.14. The number of hydrogen-bond acceptors (Lipinski definition) is 6. The number of carbonyl (C=O) groups excluding carboxylic acids is 1. The Morgan fingerprint density at radius 2 is 1.61 bits per heavy atom. The van der Waals surface area contributed by atoms with Crippen molar-refractivity contribution in [2.24, 2.45) is 5.10 Å². The van der Waals surface area contributed by atoms with Crippen molar-refractivity contribution in [3.05, 3.63) is 47.5 Å². The first-order valence-corrected chi connectivity index (χ1v) is 9.06. The number of rotatable bonds is 9. The van der Waals surface area contributed by atoms with Crippen molar-refractivity contribution in [1.82, 2.24) is 5.43 Å². The highest BCUT2D eigenvalue weighted by molar-refractivity contribution is 5.95. The van der Waals surface area contributed by atoms with Gasteiger partial charge in [-0.15, -0.1) is 0 Å². The molecule has 7 heteroatoms. The molecule has 0 aliphatic heterocycles. The van der Waals surface area contributed by atoms with Gasteiger partial charge in [0.1, 0.15) is 0 Å². The topological polar surface area (TPSA) is 72.4 Å².